The summed E-state index contributed by atoms with van der Waals surface area (Å²) in [5.41, 5.74) is 0. The molecule has 78 valence electrons. The molecule has 0 aliphatic carbocycles. The summed E-state index contributed by atoms with van der Waals surface area (Å²) in [4.78, 5) is 0. The fourth-order valence-corrected chi connectivity index (χ4v) is 2.82. The number of hydrogen-bond acceptors (Lipinski definition) is 2. The van der Waals surface area contributed by atoms with Gasteiger partial charge in [-0.2, -0.15) is 5.10 Å². The van der Waals surface area contributed by atoms with Crippen LogP contribution < -0.4 is 0 Å². The van der Waals surface area contributed by atoms with Crippen LogP contribution >= 0.6 is 31.9 Å². The Kier molecular flexibility index (Phi) is 3.62. The lowest BCUT2D eigenvalue weighted by molar-refractivity contribution is 0.0599. The lowest BCUT2D eigenvalue weighted by Crippen LogP contribution is -2.21. The Morgan fingerprint density at radius 2 is 2.14 bits per heavy atom. The van der Waals surface area contributed by atoms with Gasteiger partial charge in [0.1, 0.15) is 9.21 Å². The number of ether oxygens (including phenoxy) is 1. The van der Waals surface area contributed by atoms with E-state index in [1.165, 1.54) is 0 Å². The van der Waals surface area contributed by atoms with Crippen molar-refractivity contribution in [3.05, 3.63) is 15.3 Å². The third kappa shape index (κ3) is 2.58. The van der Waals surface area contributed by atoms with Gasteiger partial charge in [-0.1, -0.05) is 0 Å². The Balaban J connectivity index is 1.98. The van der Waals surface area contributed by atoms with Gasteiger partial charge in [-0.3, -0.25) is 4.68 Å². The second kappa shape index (κ2) is 4.77. The molecule has 1 aromatic rings. The van der Waals surface area contributed by atoms with Gasteiger partial charge < -0.3 is 4.74 Å². The van der Waals surface area contributed by atoms with E-state index in [-0.39, 0.29) is 0 Å². The van der Waals surface area contributed by atoms with Crippen LogP contribution in [-0.4, -0.2) is 23.0 Å². The molecule has 2 heterocycles. The second-order valence-electron chi connectivity index (χ2n) is 3.53. The Hall–Kier alpha value is 0.130. The molecule has 0 atom stereocenters. The van der Waals surface area contributed by atoms with E-state index >= 15 is 0 Å². The van der Waals surface area contributed by atoms with Gasteiger partial charge in [-0.05, 0) is 50.6 Å². The quantitative estimate of drug-likeness (QED) is 0.836. The van der Waals surface area contributed by atoms with Crippen LogP contribution in [0, 0.1) is 5.92 Å². The van der Waals surface area contributed by atoms with Gasteiger partial charge in [0.25, 0.3) is 0 Å². The molecular formula is C9H12Br2N2O. The van der Waals surface area contributed by atoms with Crippen molar-refractivity contribution in [2.45, 2.75) is 19.4 Å². The third-order valence-corrected chi connectivity index (χ3v) is 3.50. The van der Waals surface area contributed by atoms with Crippen LogP contribution in [0.4, 0.5) is 0 Å². The van der Waals surface area contributed by atoms with Crippen LogP contribution in [0.1, 0.15) is 12.8 Å². The molecule has 14 heavy (non-hydrogen) atoms. The molecule has 1 aromatic heterocycles. The number of nitrogens with zero attached hydrogens (tertiary/aromatic N) is 2. The summed E-state index contributed by atoms with van der Waals surface area (Å²) in [6.07, 6.45) is 2.29. The fraction of sp³-hybridized carbons (Fsp3) is 0.667. The van der Waals surface area contributed by atoms with Gasteiger partial charge in [0.05, 0.1) is 0 Å². The Bertz CT molecular complexity index is 308. The Morgan fingerprint density at radius 1 is 1.43 bits per heavy atom. The number of rotatable bonds is 2. The van der Waals surface area contributed by atoms with Gasteiger partial charge in [0.2, 0.25) is 0 Å². The van der Waals surface area contributed by atoms with Crippen LogP contribution in [0.15, 0.2) is 15.3 Å². The molecule has 1 fully saturated rings. The highest BCUT2D eigenvalue weighted by molar-refractivity contribution is 9.11. The van der Waals surface area contributed by atoms with E-state index in [0.29, 0.717) is 5.92 Å². The van der Waals surface area contributed by atoms with Crippen LogP contribution in [-0.2, 0) is 11.3 Å². The zero-order valence-electron chi connectivity index (χ0n) is 7.75. The van der Waals surface area contributed by atoms with Crippen molar-refractivity contribution in [3.63, 3.8) is 0 Å². The van der Waals surface area contributed by atoms with E-state index in [1.807, 2.05) is 10.7 Å². The molecule has 0 amide bonds. The van der Waals surface area contributed by atoms with Crippen molar-refractivity contribution in [3.8, 4) is 0 Å². The average Bonchev–Trinajstić information content (AvgIpc) is 2.47. The average molecular weight is 324 g/mol. The molecule has 0 radical (unpaired) electrons. The fourth-order valence-electron chi connectivity index (χ4n) is 1.67. The maximum atomic E-state index is 5.32. The van der Waals surface area contributed by atoms with Gasteiger partial charge in [0.15, 0.2) is 0 Å². The van der Waals surface area contributed by atoms with Gasteiger partial charge in [0, 0.05) is 25.8 Å². The molecule has 5 heteroatoms. The maximum absolute atomic E-state index is 5.32. The monoisotopic (exact) mass is 322 g/mol. The smallest absolute Gasteiger partial charge is 0.129 e. The van der Waals surface area contributed by atoms with E-state index < -0.39 is 0 Å². The van der Waals surface area contributed by atoms with Crippen LogP contribution in [0.3, 0.4) is 0 Å². The zero-order chi connectivity index (χ0) is 9.97. The molecule has 1 aliphatic rings. The summed E-state index contributed by atoms with van der Waals surface area (Å²) < 4.78 is 9.25. The Morgan fingerprint density at radius 3 is 2.71 bits per heavy atom. The van der Waals surface area contributed by atoms with Crippen molar-refractivity contribution >= 4 is 31.9 Å². The minimum atomic E-state index is 0.701. The largest absolute Gasteiger partial charge is 0.381 e. The zero-order valence-corrected chi connectivity index (χ0v) is 10.9. The highest BCUT2D eigenvalue weighted by atomic mass is 79.9. The molecule has 0 bridgehead atoms. The van der Waals surface area contributed by atoms with Gasteiger partial charge in [-0.25, -0.2) is 0 Å². The van der Waals surface area contributed by atoms with E-state index in [4.69, 9.17) is 4.74 Å². The lowest BCUT2D eigenvalue weighted by Gasteiger charge is -2.22. The van der Waals surface area contributed by atoms with E-state index in [1.54, 1.807) is 0 Å². The van der Waals surface area contributed by atoms with Crippen LogP contribution in [0.25, 0.3) is 0 Å². The van der Waals surface area contributed by atoms with E-state index in [2.05, 4.69) is 37.0 Å². The minimum Gasteiger partial charge on any atom is -0.381 e. The van der Waals surface area contributed by atoms with Gasteiger partial charge >= 0.3 is 0 Å². The van der Waals surface area contributed by atoms with Crippen molar-refractivity contribution in [1.82, 2.24) is 9.78 Å². The molecule has 0 saturated carbocycles. The first-order valence-electron chi connectivity index (χ1n) is 4.72. The predicted octanol–water partition coefficient (Wildman–Crippen LogP) is 2.83. The summed E-state index contributed by atoms with van der Waals surface area (Å²) in [6.45, 7) is 2.77. The topological polar surface area (TPSA) is 27.1 Å². The molecule has 3 nitrogen and oxygen atoms in total. The van der Waals surface area contributed by atoms with Gasteiger partial charge in [-0.15, -0.1) is 0 Å². The first-order chi connectivity index (χ1) is 6.75. The van der Waals surface area contributed by atoms with Crippen molar-refractivity contribution in [2.24, 2.45) is 5.92 Å². The SMILES string of the molecule is Brc1cc(Br)n(CC2CCOCC2)n1. The molecule has 0 unspecified atom stereocenters. The van der Waals surface area contributed by atoms with E-state index in [9.17, 15) is 0 Å². The summed E-state index contributed by atoms with van der Waals surface area (Å²) >= 11 is 6.84. The lowest BCUT2D eigenvalue weighted by atomic mass is 10.0. The third-order valence-electron chi connectivity index (χ3n) is 2.47. The standard InChI is InChI=1S/C9H12Br2N2O/c10-8-5-9(11)13(12-8)6-7-1-3-14-4-2-7/h5,7H,1-4,6H2. The molecule has 0 aromatic carbocycles. The number of hydrogen-bond donors (Lipinski definition) is 0. The molecule has 1 aliphatic heterocycles. The predicted molar refractivity (Wildman–Crippen MR) is 61.2 cm³/mol. The minimum absolute atomic E-state index is 0.701. The second-order valence-corrected chi connectivity index (χ2v) is 5.15. The number of halogens is 2. The van der Waals surface area contributed by atoms with Crippen molar-refractivity contribution < 1.29 is 4.74 Å². The molecule has 0 spiro atoms. The number of aromatic nitrogens is 2. The summed E-state index contributed by atoms with van der Waals surface area (Å²) in [5.74, 6) is 0.701. The summed E-state index contributed by atoms with van der Waals surface area (Å²) in [5, 5.41) is 4.35. The van der Waals surface area contributed by atoms with Crippen LogP contribution in [0.2, 0.25) is 0 Å². The van der Waals surface area contributed by atoms with Crippen molar-refractivity contribution in [2.75, 3.05) is 13.2 Å². The molecule has 2 rings (SSSR count). The normalized spacial score (nSPS) is 18.7. The highest BCUT2D eigenvalue weighted by Gasteiger charge is 2.16. The van der Waals surface area contributed by atoms with E-state index in [0.717, 1.165) is 41.8 Å². The maximum Gasteiger partial charge on any atom is 0.129 e. The Labute approximate surface area is 100 Å². The first kappa shape index (κ1) is 10.6. The molecule has 0 N–H and O–H groups in total. The molecular weight excluding hydrogens is 312 g/mol. The molecule has 1 saturated heterocycles. The summed E-state index contributed by atoms with van der Waals surface area (Å²) in [6, 6.07) is 1.97. The summed E-state index contributed by atoms with van der Waals surface area (Å²) in [7, 11) is 0. The highest BCUT2D eigenvalue weighted by Crippen LogP contribution is 2.21. The first-order valence-corrected chi connectivity index (χ1v) is 6.31. The van der Waals surface area contributed by atoms with Crippen molar-refractivity contribution in [1.29, 1.82) is 0 Å². The van der Waals surface area contributed by atoms with Crippen LogP contribution in [0.5, 0.6) is 0 Å².